The average Bonchev–Trinajstić information content (AvgIpc) is 2.61. The molecule has 0 atom stereocenters. The number of carbonyl (C=O) groups excluding carboxylic acids is 1. The van der Waals surface area contributed by atoms with Gasteiger partial charge >= 0.3 is 6.09 Å². The minimum absolute atomic E-state index is 0.209. The summed E-state index contributed by atoms with van der Waals surface area (Å²) in [5.41, 5.74) is 0. The molecule has 0 radical (unpaired) electrons. The van der Waals surface area contributed by atoms with Crippen LogP contribution in [0.3, 0.4) is 0 Å². The molecule has 7 nitrogen and oxygen atoms in total. The van der Waals surface area contributed by atoms with Gasteiger partial charge < -0.3 is 29.0 Å². The van der Waals surface area contributed by atoms with Crippen LogP contribution in [-0.4, -0.2) is 76.8 Å². The normalized spacial score (nSPS) is 20.4. The fraction of sp³-hybridized carbons (Fsp3) is 0.941. The highest BCUT2D eigenvalue weighted by Gasteiger charge is 2.20. The molecule has 25 heavy (non-hydrogen) atoms. The Morgan fingerprint density at radius 3 is 1.84 bits per heavy atom. The number of carbonyl (C=O) groups is 1. The van der Waals surface area contributed by atoms with E-state index in [-0.39, 0.29) is 18.7 Å². The Balaban J connectivity index is 1.78. The van der Waals surface area contributed by atoms with Gasteiger partial charge in [-0.2, -0.15) is 12.6 Å². The number of hydrogen-bond donors (Lipinski definition) is 2. The van der Waals surface area contributed by atoms with Crippen LogP contribution < -0.4 is 5.32 Å². The molecule has 1 aliphatic rings. The summed E-state index contributed by atoms with van der Waals surface area (Å²) < 4.78 is 26.3. The van der Waals surface area contributed by atoms with Gasteiger partial charge in [-0.3, -0.25) is 0 Å². The van der Waals surface area contributed by atoms with Crippen LogP contribution >= 0.6 is 12.6 Å². The summed E-state index contributed by atoms with van der Waals surface area (Å²) in [6, 6.07) is 0.209. The summed E-state index contributed by atoms with van der Waals surface area (Å²) in [6.45, 7) is 6.51. The van der Waals surface area contributed by atoms with Crippen molar-refractivity contribution in [3.05, 3.63) is 0 Å². The molecule has 148 valence electrons. The lowest BCUT2D eigenvalue weighted by molar-refractivity contribution is -0.00557. The third kappa shape index (κ3) is 13.3. The number of thiol groups is 1. The number of nitrogens with one attached hydrogen (secondary N) is 1. The summed E-state index contributed by atoms with van der Waals surface area (Å²) >= 11 is 4.44. The van der Waals surface area contributed by atoms with Crippen LogP contribution in [0.2, 0.25) is 0 Å². The van der Waals surface area contributed by atoms with Crippen molar-refractivity contribution in [1.82, 2.24) is 5.32 Å². The van der Waals surface area contributed by atoms with E-state index in [0.717, 1.165) is 25.7 Å². The van der Waals surface area contributed by atoms with E-state index in [1.54, 1.807) is 0 Å². The summed E-state index contributed by atoms with van der Waals surface area (Å²) in [6.07, 6.45) is 3.63. The standard InChI is InChI=1S/C17H33NO6S/c1-2-20-7-8-21-9-10-22-11-12-23-13-14-24-17(19)18-15-3-5-16(25)6-4-15/h15-16,25H,2-14H2,1H3,(H,18,19). The van der Waals surface area contributed by atoms with Gasteiger partial charge in [0.1, 0.15) is 6.61 Å². The Hall–Kier alpha value is -0.540. The third-order valence-electron chi connectivity index (χ3n) is 3.80. The Morgan fingerprint density at radius 1 is 0.840 bits per heavy atom. The SMILES string of the molecule is CCOCCOCCOCCOCCOC(=O)NC1CCC(S)CC1. The van der Waals surface area contributed by atoms with Crippen LogP contribution in [0.1, 0.15) is 32.6 Å². The van der Waals surface area contributed by atoms with Gasteiger partial charge in [0.05, 0.1) is 46.2 Å². The van der Waals surface area contributed by atoms with Gasteiger partial charge in [0.25, 0.3) is 0 Å². The van der Waals surface area contributed by atoms with Crippen molar-refractivity contribution in [2.45, 2.75) is 43.9 Å². The predicted octanol–water partition coefficient (Wildman–Crippen LogP) is 2.04. The second-order valence-electron chi connectivity index (χ2n) is 5.82. The second kappa shape index (κ2) is 15.7. The summed E-state index contributed by atoms with van der Waals surface area (Å²) in [4.78, 5) is 11.6. The molecule has 0 saturated heterocycles. The first-order valence-electron chi connectivity index (χ1n) is 9.14. The smallest absolute Gasteiger partial charge is 0.407 e. The first-order valence-corrected chi connectivity index (χ1v) is 9.66. The quantitative estimate of drug-likeness (QED) is 0.355. The number of hydrogen-bond acceptors (Lipinski definition) is 7. The Kier molecular flexibility index (Phi) is 14.1. The fourth-order valence-corrected chi connectivity index (χ4v) is 2.72. The maximum absolute atomic E-state index is 11.6. The van der Waals surface area contributed by atoms with Crippen LogP contribution in [0.15, 0.2) is 0 Å². The lowest BCUT2D eigenvalue weighted by Gasteiger charge is -2.26. The van der Waals surface area contributed by atoms with Crippen molar-refractivity contribution in [1.29, 1.82) is 0 Å². The number of amides is 1. The highest BCUT2D eigenvalue weighted by atomic mass is 32.1. The summed E-state index contributed by atoms with van der Waals surface area (Å²) in [7, 11) is 0. The van der Waals surface area contributed by atoms with E-state index >= 15 is 0 Å². The minimum atomic E-state index is -0.369. The molecule has 8 heteroatoms. The van der Waals surface area contributed by atoms with E-state index in [1.165, 1.54) is 0 Å². The lowest BCUT2D eigenvalue weighted by atomic mass is 9.95. The molecular weight excluding hydrogens is 346 g/mol. The molecule has 1 aliphatic carbocycles. The molecule has 0 spiro atoms. The van der Waals surface area contributed by atoms with E-state index in [0.29, 0.717) is 58.1 Å². The monoisotopic (exact) mass is 379 g/mol. The van der Waals surface area contributed by atoms with Gasteiger partial charge in [0, 0.05) is 17.9 Å². The Bertz CT molecular complexity index is 326. The van der Waals surface area contributed by atoms with Gasteiger partial charge in [-0.05, 0) is 32.6 Å². The number of rotatable bonds is 14. The maximum atomic E-state index is 11.6. The van der Waals surface area contributed by atoms with Gasteiger partial charge in [0.15, 0.2) is 0 Å². The van der Waals surface area contributed by atoms with Crippen molar-refractivity contribution in [2.75, 3.05) is 59.5 Å². The topological polar surface area (TPSA) is 75.2 Å². The molecule has 0 aromatic carbocycles. The first-order chi connectivity index (χ1) is 12.2. The second-order valence-corrected chi connectivity index (χ2v) is 6.55. The zero-order valence-corrected chi connectivity index (χ0v) is 16.1. The Morgan fingerprint density at radius 2 is 1.32 bits per heavy atom. The predicted molar refractivity (Wildman–Crippen MR) is 98.5 cm³/mol. The number of alkyl carbamates (subject to hydrolysis) is 1. The molecule has 0 bridgehead atoms. The van der Waals surface area contributed by atoms with Crippen molar-refractivity contribution in [3.8, 4) is 0 Å². The van der Waals surface area contributed by atoms with Crippen molar-refractivity contribution in [3.63, 3.8) is 0 Å². The molecule has 1 rings (SSSR count). The van der Waals surface area contributed by atoms with E-state index < -0.39 is 0 Å². The Labute approximate surface area is 156 Å². The number of ether oxygens (including phenoxy) is 5. The zero-order chi connectivity index (χ0) is 18.2. The molecule has 1 amide bonds. The lowest BCUT2D eigenvalue weighted by Crippen LogP contribution is -2.38. The molecule has 1 saturated carbocycles. The molecule has 0 aliphatic heterocycles. The highest BCUT2D eigenvalue weighted by molar-refractivity contribution is 7.80. The largest absolute Gasteiger partial charge is 0.447 e. The maximum Gasteiger partial charge on any atom is 0.407 e. The highest BCUT2D eigenvalue weighted by Crippen LogP contribution is 2.22. The molecule has 0 aromatic rings. The van der Waals surface area contributed by atoms with Gasteiger partial charge in [-0.1, -0.05) is 0 Å². The van der Waals surface area contributed by atoms with E-state index in [1.807, 2.05) is 6.92 Å². The third-order valence-corrected chi connectivity index (χ3v) is 4.32. The first kappa shape index (κ1) is 22.5. The minimum Gasteiger partial charge on any atom is -0.447 e. The summed E-state index contributed by atoms with van der Waals surface area (Å²) in [5, 5.41) is 3.35. The molecule has 0 aromatic heterocycles. The van der Waals surface area contributed by atoms with Crippen LogP contribution in [0, 0.1) is 0 Å². The van der Waals surface area contributed by atoms with Crippen molar-refractivity contribution >= 4 is 18.7 Å². The van der Waals surface area contributed by atoms with E-state index in [9.17, 15) is 4.79 Å². The van der Waals surface area contributed by atoms with Gasteiger partial charge in [-0.25, -0.2) is 4.79 Å². The van der Waals surface area contributed by atoms with Crippen LogP contribution in [-0.2, 0) is 23.7 Å². The van der Waals surface area contributed by atoms with E-state index in [2.05, 4.69) is 17.9 Å². The molecule has 0 heterocycles. The molecule has 0 unspecified atom stereocenters. The molecule has 1 fully saturated rings. The van der Waals surface area contributed by atoms with Crippen LogP contribution in [0.4, 0.5) is 4.79 Å². The molecular formula is C17H33NO6S. The van der Waals surface area contributed by atoms with Crippen LogP contribution in [0.25, 0.3) is 0 Å². The fourth-order valence-electron chi connectivity index (χ4n) is 2.43. The van der Waals surface area contributed by atoms with Crippen molar-refractivity contribution in [2.24, 2.45) is 0 Å². The van der Waals surface area contributed by atoms with Gasteiger partial charge in [0.2, 0.25) is 0 Å². The summed E-state index contributed by atoms with van der Waals surface area (Å²) in [5.74, 6) is 0. The zero-order valence-electron chi connectivity index (χ0n) is 15.2. The van der Waals surface area contributed by atoms with E-state index in [4.69, 9.17) is 23.7 Å². The van der Waals surface area contributed by atoms with Crippen LogP contribution in [0.5, 0.6) is 0 Å². The average molecular weight is 380 g/mol. The van der Waals surface area contributed by atoms with Crippen molar-refractivity contribution < 1.29 is 28.5 Å². The van der Waals surface area contributed by atoms with Gasteiger partial charge in [-0.15, -0.1) is 0 Å². The molecule has 1 N–H and O–H groups in total.